The van der Waals surface area contributed by atoms with E-state index in [1.165, 1.54) is 6.20 Å². The summed E-state index contributed by atoms with van der Waals surface area (Å²) in [6, 6.07) is -0.138. The van der Waals surface area contributed by atoms with E-state index >= 15 is 0 Å². The monoisotopic (exact) mass is 314 g/mol. The highest BCUT2D eigenvalue weighted by molar-refractivity contribution is 7.89. The molecule has 1 aliphatic rings. The highest BCUT2D eigenvalue weighted by Crippen LogP contribution is 2.17. The minimum absolute atomic E-state index is 0.0215. The van der Waals surface area contributed by atoms with Crippen molar-refractivity contribution in [3.8, 4) is 0 Å². The van der Waals surface area contributed by atoms with Crippen LogP contribution in [-0.4, -0.2) is 48.6 Å². The predicted octanol–water partition coefficient (Wildman–Crippen LogP) is 0.643. The number of hydrogen-bond donors (Lipinski definition) is 2. The summed E-state index contributed by atoms with van der Waals surface area (Å²) in [5, 5.41) is 6.36. The van der Waals surface area contributed by atoms with Gasteiger partial charge in [-0.15, -0.1) is 0 Å². The van der Waals surface area contributed by atoms with Crippen LogP contribution in [0.3, 0.4) is 0 Å². The number of nitrogens with one attached hydrogen (secondary N) is 2. The molecule has 2 rings (SSSR count). The summed E-state index contributed by atoms with van der Waals surface area (Å²) in [6.07, 6.45) is 2.58. The molecule has 0 bridgehead atoms. The lowest BCUT2D eigenvalue weighted by molar-refractivity contribution is -0.135. The van der Waals surface area contributed by atoms with Crippen LogP contribution >= 0.6 is 0 Å². The Hall–Kier alpha value is -1.41. The van der Waals surface area contributed by atoms with E-state index in [2.05, 4.69) is 14.9 Å². The zero-order chi connectivity index (χ0) is 15.6. The minimum Gasteiger partial charge on any atom is -0.342 e. The third-order valence-corrected chi connectivity index (χ3v) is 5.33. The first kappa shape index (κ1) is 16.0. The van der Waals surface area contributed by atoms with Gasteiger partial charge in [-0.3, -0.25) is 9.89 Å². The Morgan fingerprint density at radius 3 is 2.52 bits per heavy atom. The van der Waals surface area contributed by atoms with Crippen LogP contribution in [0.4, 0.5) is 0 Å². The number of carbonyl (C=O) groups excluding carboxylic acids is 1. The van der Waals surface area contributed by atoms with E-state index in [1.54, 1.807) is 11.8 Å². The van der Waals surface area contributed by atoms with Gasteiger partial charge in [0.05, 0.1) is 11.9 Å². The number of H-pyrrole nitrogens is 1. The Balaban J connectivity index is 1.95. The van der Waals surface area contributed by atoms with Crippen molar-refractivity contribution in [3.63, 3.8) is 0 Å². The Labute approximate surface area is 125 Å². The van der Waals surface area contributed by atoms with Crippen LogP contribution in [-0.2, 0) is 14.8 Å². The van der Waals surface area contributed by atoms with Crippen LogP contribution in [0.5, 0.6) is 0 Å². The maximum Gasteiger partial charge on any atom is 0.244 e. The summed E-state index contributed by atoms with van der Waals surface area (Å²) >= 11 is 0. The number of rotatable bonds is 4. The summed E-state index contributed by atoms with van der Waals surface area (Å²) in [4.78, 5) is 13.9. The molecule has 2 heterocycles. The molecule has 0 unspecified atom stereocenters. The molecule has 1 aromatic heterocycles. The molecule has 8 heteroatoms. The van der Waals surface area contributed by atoms with Crippen molar-refractivity contribution >= 4 is 15.9 Å². The first-order chi connectivity index (χ1) is 9.81. The zero-order valence-corrected chi connectivity index (χ0v) is 13.4. The molecule has 1 aliphatic heterocycles. The van der Waals surface area contributed by atoms with Gasteiger partial charge in [-0.05, 0) is 19.8 Å². The number of amides is 1. The molecule has 0 spiro atoms. The molecule has 0 atom stereocenters. The summed E-state index contributed by atoms with van der Waals surface area (Å²) in [5.74, 6) is 0.105. The largest absolute Gasteiger partial charge is 0.342 e. The van der Waals surface area contributed by atoms with E-state index < -0.39 is 10.0 Å². The summed E-state index contributed by atoms with van der Waals surface area (Å²) < 4.78 is 27.2. The fraction of sp³-hybridized carbons (Fsp3) is 0.692. The first-order valence-corrected chi connectivity index (χ1v) is 8.60. The Kier molecular flexibility index (Phi) is 4.67. The van der Waals surface area contributed by atoms with Crippen LogP contribution in [0.25, 0.3) is 0 Å². The third kappa shape index (κ3) is 3.62. The average Bonchev–Trinajstić information content (AvgIpc) is 2.85. The molecule has 1 fully saturated rings. The van der Waals surface area contributed by atoms with Crippen molar-refractivity contribution in [2.75, 3.05) is 13.1 Å². The number of aromatic amines is 1. The quantitative estimate of drug-likeness (QED) is 0.852. The van der Waals surface area contributed by atoms with Gasteiger partial charge < -0.3 is 4.90 Å². The fourth-order valence-electron chi connectivity index (χ4n) is 2.48. The molecular weight excluding hydrogens is 292 g/mol. The van der Waals surface area contributed by atoms with Gasteiger partial charge in [-0.25, -0.2) is 13.1 Å². The lowest BCUT2D eigenvalue weighted by atomic mass is 10.0. The van der Waals surface area contributed by atoms with Crippen molar-refractivity contribution in [3.05, 3.63) is 11.9 Å². The maximum atomic E-state index is 12.3. The molecule has 1 aromatic rings. The molecule has 0 aliphatic carbocycles. The number of nitrogens with zero attached hydrogens (tertiary/aromatic N) is 2. The molecule has 21 heavy (non-hydrogen) atoms. The first-order valence-electron chi connectivity index (χ1n) is 7.12. The third-order valence-electron chi connectivity index (χ3n) is 3.70. The molecule has 0 saturated carbocycles. The van der Waals surface area contributed by atoms with Gasteiger partial charge in [0.2, 0.25) is 15.9 Å². The number of carbonyl (C=O) groups is 1. The summed E-state index contributed by atoms with van der Waals surface area (Å²) in [5.41, 5.74) is 0.523. The van der Waals surface area contributed by atoms with E-state index in [4.69, 9.17) is 0 Å². The van der Waals surface area contributed by atoms with E-state index in [0.29, 0.717) is 31.6 Å². The van der Waals surface area contributed by atoms with Gasteiger partial charge in [0, 0.05) is 25.0 Å². The molecule has 0 aromatic carbocycles. The summed E-state index contributed by atoms with van der Waals surface area (Å²) in [6.45, 7) is 6.60. The molecule has 1 saturated heterocycles. The van der Waals surface area contributed by atoms with Gasteiger partial charge >= 0.3 is 0 Å². The van der Waals surface area contributed by atoms with Gasteiger partial charge in [0.1, 0.15) is 4.90 Å². The molecule has 118 valence electrons. The zero-order valence-electron chi connectivity index (χ0n) is 12.6. The Morgan fingerprint density at radius 1 is 1.43 bits per heavy atom. The fourth-order valence-corrected chi connectivity index (χ4v) is 3.92. The van der Waals surface area contributed by atoms with Crippen LogP contribution in [0.1, 0.15) is 32.4 Å². The normalized spacial score (nSPS) is 17.4. The van der Waals surface area contributed by atoms with E-state index in [-0.39, 0.29) is 22.8 Å². The predicted molar refractivity (Wildman–Crippen MR) is 78.1 cm³/mol. The molecular formula is C13H22N4O3S. The van der Waals surface area contributed by atoms with Crippen molar-refractivity contribution in [1.82, 2.24) is 19.8 Å². The van der Waals surface area contributed by atoms with Gasteiger partial charge in [-0.2, -0.15) is 5.10 Å². The topological polar surface area (TPSA) is 95.2 Å². The van der Waals surface area contributed by atoms with Gasteiger partial charge in [0.25, 0.3) is 0 Å². The number of piperidine rings is 1. The van der Waals surface area contributed by atoms with E-state index in [0.717, 1.165) is 0 Å². The SMILES string of the molecule is Cc1[nH]ncc1S(=O)(=O)NC1CCN(C(=O)C(C)C)CC1. The average molecular weight is 314 g/mol. The van der Waals surface area contributed by atoms with Crippen molar-refractivity contribution in [2.24, 2.45) is 5.92 Å². The molecule has 1 amide bonds. The number of aryl methyl sites for hydroxylation is 1. The molecule has 0 radical (unpaired) electrons. The standard InChI is InChI=1S/C13H22N4O3S/c1-9(2)13(18)17-6-4-11(5-7-17)16-21(19,20)12-8-14-15-10(12)3/h8-9,11,16H,4-7H2,1-3H3,(H,14,15). The van der Waals surface area contributed by atoms with Crippen molar-refractivity contribution < 1.29 is 13.2 Å². The maximum absolute atomic E-state index is 12.3. The van der Waals surface area contributed by atoms with Crippen LogP contribution < -0.4 is 4.72 Å². The van der Waals surface area contributed by atoms with E-state index in [9.17, 15) is 13.2 Å². The highest BCUT2D eigenvalue weighted by Gasteiger charge is 2.28. The Morgan fingerprint density at radius 2 is 2.05 bits per heavy atom. The van der Waals surface area contributed by atoms with E-state index in [1.807, 2.05) is 13.8 Å². The number of hydrogen-bond acceptors (Lipinski definition) is 4. The number of sulfonamides is 1. The second-order valence-corrected chi connectivity index (χ2v) is 7.42. The summed E-state index contributed by atoms with van der Waals surface area (Å²) in [7, 11) is -3.55. The lowest BCUT2D eigenvalue weighted by Crippen LogP contribution is -2.47. The van der Waals surface area contributed by atoms with Crippen LogP contribution in [0, 0.1) is 12.8 Å². The van der Waals surface area contributed by atoms with Gasteiger partial charge in [-0.1, -0.05) is 13.8 Å². The van der Waals surface area contributed by atoms with Crippen molar-refractivity contribution in [1.29, 1.82) is 0 Å². The molecule has 2 N–H and O–H groups in total. The smallest absolute Gasteiger partial charge is 0.244 e. The Bertz CT molecular complexity index is 601. The van der Waals surface area contributed by atoms with Crippen molar-refractivity contribution in [2.45, 2.75) is 44.6 Å². The van der Waals surface area contributed by atoms with Crippen LogP contribution in [0.15, 0.2) is 11.1 Å². The molecule has 7 nitrogen and oxygen atoms in total. The minimum atomic E-state index is -3.55. The van der Waals surface area contributed by atoms with Crippen LogP contribution in [0.2, 0.25) is 0 Å². The number of likely N-dealkylation sites (tertiary alicyclic amines) is 1. The highest BCUT2D eigenvalue weighted by atomic mass is 32.2. The van der Waals surface area contributed by atoms with Gasteiger partial charge in [0.15, 0.2) is 0 Å². The number of aromatic nitrogens is 2. The second-order valence-electron chi connectivity index (χ2n) is 5.73. The second kappa shape index (κ2) is 6.15. The lowest BCUT2D eigenvalue weighted by Gasteiger charge is -2.33.